The molecule has 0 rings (SSSR count). The van der Waals surface area contributed by atoms with Crippen molar-refractivity contribution >= 4 is 60.8 Å². The van der Waals surface area contributed by atoms with Crippen LogP contribution < -0.4 is 5.73 Å². The van der Waals surface area contributed by atoms with Gasteiger partial charge in [-0.2, -0.15) is 0 Å². The molecule has 6 nitrogen and oxygen atoms in total. The second-order valence-corrected chi connectivity index (χ2v) is 9.66. The Balaban J connectivity index is 0. The molecule has 0 aromatic heterocycles. The quantitative estimate of drug-likeness (QED) is 0.145. The smallest absolute Gasteiger partial charge is 0.320 e. The molecule has 7 heteroatoms. The molecule has 0 saturated carbocycles. The van der Waals surface area contributed by atoms with E-state index in [1.54, 1.807) is 0 Å². The van der Waals surface area contributed by atoms with Crippen LogP contribution in [0.3, 0.4) is 0 Å². The van der Waals surface area contributed by atoms with Gasteiger partial charge in [0.1, 0.15) is 6.04 Å². The molecule has 30 heavy (non-hydrogen) atoms. The summed E-state index contributed by atoms with van der Waals surface area (Å²) in [7, 11) is 0. The Morgan fingerprint density at radius 1 is 0.800 bits per heavy atom. The van der Waals surface area contributed by atoms with Gasteiger partial charge in [0, 0.05) is 6.42 Å². The van der Waals surface area contributed by atoms with E-state index in [1.807, 2.05) is 0 Å². The molecule has 1 unspecified atom stereocenters. The molecular weight excluding hydrogens is 409 g/mol. The van der Waals surface area contributed by atoms with Gasteiger partial charge in [0.15, 0.2) is 0 Å². The molecule has 1 atom stereocenters. The van der Waals surface area contributed by atoms with Crippen molar-refractivity contribution in [3.8, 4) is 0 Å². The number of carbonyl (C=O) groups is 3. The van der Waals surface area contributed by atoms with E-state index in [0.29, 0.717) is 48.8 Å². The number of rotatable bonds is 19. The van der Waals surface area contributed by atoms with Gasteiger partial charge >= 0.3 is 136 Å². The molecule has 0 bridgehead atoms. The van der Waals surface area contributed by atoms with Crippen LogP contribution in [-0.2, 0) is 14.4 Å². The van der Waals surface area contributed by atoms with Crippen LogP contribution in [0.1, 0.15) is 110 Å². The molecule has 0 aliphatic carbocycles. The van der Waals surface area contributed by atoms with Crippen molar-refractivity contribution in [3.63, 3.8) is 0 Å². The first-order valence-electron chi connectivity index (χ1n) is 11.7. The Kier molecular flexibility index (Phi) is 27.0. The monoisotopic (exact) mass is 451 g/mol. The van der Waals surface area contributed by atoms with Crippen molar-refractivity contribution < 1.29 is 24.6 Å². The number of aliphatic carboxylic acids is 2. The molecule has 4 N–H and O–H groups in total. The molecule has 0 aromatic rings. The normalized spacial score (nSPS) is 11.7. The van der Waals surface area contributed by atoms with Crippen LogP contribution >= 0.6 is 0 Å². The van der Waals surface area contributed by atoms with Gasteiger partial charge in [-0.15, -0.1) is 0 Å². The third-order valence-electron chi connectivity index (χ3n) is 4.78. The molecule has 0 heterocycles. The van der Waals surface area contributed by atoms with E-state index in [0.717, 1.165) is 12.8 Å². The average molecular weight is 452 g/mol. The Labute approximate surface area is 217 Å². The van der Waals surface area contributed by atoms with Crippen LogP contribution in [0.5, 0.6) is 0 Å². The summed E-state index contributed by atoms with van der Waals surface area (Å²) in [5, 5.41) is 16.3. The number of carboxylic acids is 2. The predicted molar refractivity (Wildman–Crippen MR) is 123 cm³/mol. The SMILES string of the molecule is CCCCCCCC/C=C\CCCCCCC[C](=O)[K].NC(CCC(=O)O)C(=O)O. The molecule has 0 saturated heterocycles. The number of nitrogens with two attached hydrogens (primary N) is 1. The first-order chi connectivity index (χ1) is 14.3. The molecule has 0 aliphatic rings. The van der Waals surface area contributed by atoms with Gasteiger partial charge in [0.05, 0.1) is 0 Å². The molecular formula is C23H42KNO5. The fraction of sp³-hybridized carbons (Fsp3) is 0.783. The Bertz CT molecular complexity index is 469. The van der Waals surface area contributed by atoms with Gasteiger partial charge in [-0.25, -0.2) is 0 Å². The van der Waals surface area contributed by atoms with Gasteiger partial charge in [-0.05, 0) is 6.42 Å². The van der Waals surface area contributed by atoms with Gasteiger partial charge in [0.25, 0.3) is 0 Å². The molecule has 0 spiro atoms. The van der Waals surface area contributed by atoms with Crippen molar-refractivity contribution in [2.45, 2.75) is 116 Å². The average Bonchev–Trinajstić information content (AvgIpc) is 2.69. The fourth-order valence-electron chi connectivity index (χ4n) is 2.85. The third-order valence-corrected chi connectivity index (χ3v) is 5.56. The van der Waals surface area contributed by atoms with Crippen LogP contribution in [0.4, 0.5) is 0 Å². The number of allylic oxidation sites excluding steroid dienone is 2. The van der Waals surface area contributed by atoms with Crippen molar-refractivity contribution in [3.05, 3.63) is 12.2 Å². The van der Waals surface area contributed by atoms with Crippen LogP contribution in [0.2, 0.25) is 0 Å². The number of carbonyl (C=O) groups excluding carboxylic acids is 1. The van der Waals surface area contributed by atoms with Gasteiger partial charge < -0.3 is 15.9 Å². The fourth-order valence-corrected chi connectivity index (χ4v) is 3.40. The summed E-state index contributed by atoms with van der Waals surface area (Å²) in [6.07, 6.45) is 22.6. The van der Waals surface area contributed by atoms with Gasteiger partial charge in [0.2, 0.25) is 0 Å². The minimum absolute atomic E-state index is 0.0231. The zero-order valence-corrected chi connectivity index (χ0v) is 22.4. The molecule has 170 valence electrons. The number of unbranched alkanes of at least 4 members (excludes halogenated alkanes) is 11. The summed E-state index contributed by atoms with van der Waals surface area (Å²) in [5.74, 6) is -2.20. The Morgan fingerprint density at radius 3 is 1.70 bits per heavy atom. The zero-order valence-electron chi connectivity index (χ0n) is 19.2. The van der Waals surface area contributed by atoms with E-state index >= 15 is 0 Å². The summed E-state index contributed by atoms with van der Waals surface area (Å²) in [6.45, 7) is 2.27. The van der Waals surface area contributed by atoms with E-state index < -0.39 is 18.0 Å². The van der Waals surface area contributed by atoms with E-state index in [9.17, 15) is 14.4 Å². The minimum atomic E-state index is -1.17. The first-order valence-corrected chi connectivity index (χ1v) is 13.2. The van der Waals surface area contributed by atoms with E-state index in [4.69, 9.17) is 15.9 Å². The number of hydrogen-bond donors (Lipinski definition) is 3. The second-order valence-electron chi connectivity index (χ2n) is 7.91. The number of carboxylic acid groups (broad SMARTS) is 2. The van der Waals surface area contributed by atoms with E-state index in [1.165, 1.54) is 77.0 Å². The largest absolute Gasteiger partial charge is 0.481 e. The summed E-state index contributed by atoms with van der Waals surface area (Å²) in [6, 6.07) is -1.06. The molecule has 0 aliphatic heterocycles. The maximum Gasteiger partial charge on any atom is 0.320 e. The maximum atomic E-state index is 10.9. The van der Waals surface area contributed by atoms with Crippen molar-refractivity contribution in [1.29, 1.82) is 0 Å². The van der Waals surface area contributed by atoms with Gasteiger partial charge in [-0.1, -0.05) is 39.0 Å². The number of hydrogen-bond acceptors (Lipinski definition) is 4. The maximum absolute atomic E-state index is 10.9. The van der Waals surface area contributed by atoms with Gasteiger partial charge in [-0.3, -0.25) is 9.59 Å². The van der Waals surface area contributed by atoms with Crippen LogP contribution in [0.25, 0.3) is 0 Å². The Hall–Kier alpha value is -0.0536. The van der Waals surface area contributed by atoms with Crippen molar-refractivity contribution in [2.24, 2.45) is 5.73 Å². The summed E-state index contributed by atoms with van der Waals surface area (Å²) in [5.41, 5.74) is 5.00. The second kappa shape index (κ2) is 25.2. The predicted octanol–water partition coefficient (Wildman–Crippen LogP) is 4.98. The summed E-state index contributed by atoms with van der Waals surface area (Å²) in [4.78, 5) is 30.7. The summed E-state index contributed by atoms with van der Waals surface area (Å²) < 4.78 is 0.523. The molecule has 0 aromatic carbocycles. The molecule has 0 radical (unpaired) electrons. The van der Waals surface area contributed by atoms with Crippen molar-refractivity contribution in [2.75, 3.05) is 0 Å². The topological polar surface area (TPSA) is 118 Å². The third kappa shape index (κ3) is 30.1. The van der Waals surface area contributed by atoms with E-state index in [2.05, 4.69) is 19.1 Å². The van der Waals surface area contributed by atoms with E-state index in [-0.39, 0.29) is 12.8 Å². The van der Waals surface area contributed by atoms with Crippen LogP contribution in [0.15, 0.2) is 12.2 Å². The summed E-state index contributed by atoms with van der Waals surface area (Å²) >= 11 is 0.411. The van der Waals surface area contributed by atoms with Crippen LogP contribution in [0, 0.1) is 0 Å². The minimum Gasteiger partial charge on any atom is -0.481 e. The molecule has 0 amide bonds. The Morgan fingerprint density at radius 2 is 1.27 bits per heavy atom. The zero-order chi connectivity index (χ0) is 23.0. The standard InChI is InChI=1S/C18H33O.C5H9NO4.K/c1-2-3-4-5-6-7-8-9-10-11-12-13-14-15-16-17-18-19;6-3(5(9)10)1-2-4(7)8;/h9-10H,2-8,11-17H2,1H3;3H,1-2,6H2,(H,7,8)(H,9,10);/b10-9-;;. The first kappa shape index (κ1) is 32.1. The molecule has 0 fully saturated rings. The van der Waals surface area contributed by atoms with Crippen molar-refractivity contribution in [1.82, 2.24) is 0 Å². The van der Waals surface area contributed by atoms with Crippen LogP contribution in [-0.4, -0.2) is 77.0 Å².